The third-order valence-electron chi connectivity index (χ3n) is 2.95. The molecule has 0 spiro atoms. The summed E-state index contributed by atoms with van der Waals surface area (Å²) in [6.45, 7) is 1.43. The second-order valence-electron chi connectivity index (χ2n) is 4.78. The first kappa shape index (κ1) is 18.5. The highest BCUT2D eigenvalue weighted by atomic mass is 35.5. The lowest BCUT2D eigenvalue weighted by Crippen LogP contribution is -2.43. The summed E-state index contributed by atoms with van der Waals surface area (Å²) in [6.07, 6.45) is 0. The van der Waals surface area contributed by atoms with E-state index >= 15 is 0 Å². The van der Waals surface area contributed by atoms with E-state index in [1.807, 2.05) is 4.83 Å². The van der Waals surface area contributed by atoms with E-state index in [4.69, 9.17) is 27.9 Å². The van der Waals surface area contributed by atoms with Crippen LogP contribution in [0.1, 0.15) is 5.56 Å². The average Bonchev–Trinajstić information content (AvgIpc) is 2.54. The fourth-order valence-electron chi connectivity index (χ4n) is 1.73. The number of sulfonamides is 1. The van der Waals surface area contributed by atoms with Crippen LogP contribution in [0, 0.1) is 6.92 Å². The van der Waals surface area contributed by atoms with E-state index in [9.17, 15) is 13.2 Å². The molecule has 0 heterocycles. The van der Waals surface area contributed by atoms with Gasteiger partial charge in [0.15, 0.2) is 6.61 Å². The molecule has 0 saturated heterocycles. The molecule has 0 fully saturated rings. The fraction of sp³-hybridized carbons (Fsp3) is 0.133. The monoisotopic (exact) mass is 388 g/mol. The van der Waals surface area contributed by atoms with Crippen LogP contribution in [0.2, 0.25) is 10.0 Å². The summed E-state index contributed by atoms with van der Waals surface area (Å²) in [5, 5.41) is 0.631. The lowest BCUT2D eigenvalue weighted by atomic mass is 10.2. The molecule has 0 aliphatic carbocycles. The van der Waals surface area contributed by atoms with Crippen molar-refractivity contribution in [2.45, 2.75) is 11.8 Å². The van der Waals surface area contributed by atoms with Crippen molar-refractivity contribution >= 4 is 39.1 Å². The Bertz CT molecular complexity index is 856. The largest absolute Gasteiger partial charge is 0.484 e. The van der Waals surface area contributed by atoms with Crippen LogP contribution < -0.4 is 15.0 Å². The normalized spacial score (nSPS) is 11.1. The molecule has 128 valence electrons. The number of ether oxygens (including phenoxy) is 1. The topological polar surface area (TPSA) is 84.5 Å². The molecule has 2 aromatic carbocycles. The van der Waals surface area contributed by atoms with E-state index in [0.717, 1.165) is 5.56 Å². The smallest absolute Gasteiger partial charge is 0.272 e. The van der Waals surface area contributed by atoms with Crippen molar-refractivity contribution in [3.63, 3.8) is 0 Å². The number of carbonyl (C=O) groups excluding carboxylic acids is 1. The van der Waals surface area contributed by atoms with Crippen molar-refractivity contribution in [2.24, 2.45) is 0 Å². The minimum Gasteiger partial charge on any atom is -0.484 e. The molecular formula is C15H14Cl2N2O4S. The van der Waals surface area contributed by atoms with E-state index in [2.05, 4.69) is 5.43 Å². The van der Waals surface area contributed by atoms with Gasteiger partial charge in [0.05, 0.1) is 5.02 Å². The number of carbonyl (C=O) groups is 1. The van der Waals surface area contributed by atoms with Gasteiger partial charge in [0, 0.05) is 5.02 Å². The lowest BCUT2D eigenvalue weighted by Gasteiger charge is -2.10. The predicted octanol–water partition coefficient (Wildman–Crippen LogP) is 2.69. The number of hydrogen-bond acceptors (Lipinski definition) is 4. The van der Waals surface area contributed by atoms with E-state index in [0.29, 0.717) is 10.8 Å². The highest BCUT2D eigenvalue weighted by molar-refractivity contribution is 7.89. The summed E-state index contributed by atoms with van der Waals surface area (Å²) in [5.74, 6) is -0.223. The summed E-state index contributed by atoms with van der Waals surface area (Å²) >= 11 is 11.7. The van der Waals surface area contributed by atoms with Crippen LogP contribution in [-0.4, -0.2) is 20.9 Å². The van der Waals surface area contributed by atoms with E-state index in [-0.39, 0.29) is 16.5 Å². The molecule has 0 aliphatic heterocycles. The molecule has 0 atom stereocenters. The molecule has 0 aromatic heterocycles. The molecule has 0 aliphatic rings. The maximum absolute atomic E-state index is 12.0. The van der Waals surface area contributed by atoms with E-state index in [1.165, 1.54) is 18.2 Å². The third kappa shape index (κ3) is 4.85. The average molecular weight is 389 g/mol. The van der Waals surface area contributed by atoms with Gasteiger partial charge in [-0.25, -0.2) is 8.42 Å². The molecule has 2 aromatic rings. The molecular weight excluding hydrogens is 375 g/mol. The molecule has 24 heavy (non-hydrogen) atoms. The highest BCUT2D eigenvalue weighted by Crippen LogP contribution is 2.21. The Labute approximate surface area is 149 Å². The van der Waals surface area contributed by atoms with Gasteiger partial charge >= 0.3 is 0 Å². The maximum Gasteiger partial charge on any atom is 0.272 e. The molecule has 0 saturated carbocycles. The molecule has 0 radical (unpaired) electrons. The summed E-state index contributed by atoms with van der Waals surface area (Å²) in [5.41, 5.74) is 2.86. The molecule has 0 unspecified atom stereocenters. The van der Waals surface area contributed by atoms with E-state index in [1.54, 1.807) is 31.2 Å². The van der Waals surface area contributed by atoms with Crippen LogP contribution in [0.25, 0.3) is 0 Å². The summed E-state index contributed by atoms with van der Waals surface area (Å²) in [6, 6.07) is 10.8. The van der Waals surface area contributed by atoms with Crippen LogP contribution >= 0.6 is 23.2 Å². The number of halogens is 2. The Balaban J connectivity index is 1.91. The zero-order valence-electron chi connectivity index (χ0n) is 12.5. The van der Waals surface area contributed by atoms with Crippen LogP contribution in [0.4, 0.5) is 0 Å². The molecule has 1 amide bonds. The Morgan fingerprint density at radius 3 is 2.50 bits per heavy atom. The quantitative estimate of drug-likeness (QED) is 0.744. The number of amides is 1. The van der Waals surface area contributed by atoms with Crippen LogP contribution in [0.15, 0.2) is 47.4 Å². The van der Waals surface area contributed by atoms with Gasteiger partial charge in [-0.3, -0.25) is 10.2 Å². The molecule has 2 N–H and O–H groups in total. The summed E-state index contributed by atoms with van der Waals surface area (Å²) < 4.78 is 29.4. The Morgan fingerprint density at radius 1 is 1.12 bits per heavy atom. The maximum atomic E-state index is 12.0. The molecule has 9 heteroatoms. The first-order chi connectivity index (χ1) is 11.3. The van der Waals surface area contributed by atoms with Crippen LogP contribution in [0.3, 0.4) is 0 Å². The van der Waals surface area contributed by atoms with Crippen molar-refractivity contribution in [1.29, 1.82) is 0 Å². The van der Waals surface area contributed by atoms with Crippen LogP contribution in [0.5, 0.6) is 5.75 Å². The Morgan fingerprint density at radius 2 is 1.83 bits per heavy atom. The van der Waals surface area contributed by atoms with Crippen molar-refractivity contribution in [3.8, 4) is 5.75 Å². The van der Waals surface area contributed by atoms with Crippen molar-refractivity contribution in [1.82, 2.24) is 10.3 Å². The Hall–Kier alpha value is -1.80. The summed E-state index contributed by atoms with van der Waals surface area (Å²) in [7, 11) is -3.97. The number of benzene rings is 2. The minimum absolute atomic E-state index is 0.0483. The minimum atomic E-state index is -3.97. The highest BCUT2D eigenvalue weighted by Gasteiger charge is 2.18. The standard InChI is InChI=1S/C15H14Cl2N2O4S/c1-10-8-11(6-7-12(10)16)23-9-15(20)18-19-24(21,22)14-5-3-2-4-13(14)17/h2-8,19H,9H2,1H3,(H,18,20). The number of rotatable bonds is 6. The molecule has 2 rings (SSSR count). The first-order valence-electron chi connectivity index (χ1n) is 6.74. The fourth-order valence-corrected chi connectivity index (χ4v) is 3.23. The second-order valence-corrected chi connectivity index (χ2v) is 7.25. The van der Waals surface area contributed by atoms with Gasteiger partial charge < -0.3 is 4.74 Å². The van der Waals surface area contributed by atoms with Gasteiger partial charge in [-0.15, -0.1) is 4.83 Å². The van der Waals surface area contributed by atoms with Crippen molar-refractivity contribution in [3.05, 3.63) is 58.1 Å². The van der Waals surface area contributed by atoms with E-state index < -0.39 is 15.9 Å². The first-order valence-corrected chi connectivity index (χ1v) is 8.97. The number of aryl methyl sites for hydroxylation is 1. The zero-order valence-corrected chi connectivity index (χ0v) is 14.9. The second kappa shape index (κ2) is 7.85. The van der Waals surface area contributed by atoms with Gasteiger partial charge in [-0.2, -0.15) is 0 Å². The van der Waals surface area contributed by atoms with Crippen molar-refractivity contribution in [2.75, 3.05) is 6.61 Å². The lowest BCUT2D eigenvalue weighted by molar-refractivity contribution is -0.123. The van der Waals surface area contributed by atoms with Gasteiger partial charge in [0.2, 0.25) is 0 Å². The SMILES string of the molecule is Cc1cc(OCC(=O)NNS(=O)(=O)c2ccccc2Cl)ccc1Cl. The third-order valence-corrected chi connectivity index (χ3v) is 5.12. The van der Waals surface area contributed by atoms with Gasteiger partial charge in [-0.1, -0.05) is 35.3 Å². The van der Waals surface area contributed by atoms with Crippen molar-refractivity contribution < 1.29 is 17.9 Å². The molecule has 6 nitrogen and oxygen atoms in total. The zero-order chi connectivity index (χ0) is 17.7. The summed E-state index contributed by atoms with van der Waals surface area (Å²) in [4.78, 5) is 13.5. The molecule has 0 bridgehead atoms. The predicted molar refractivity (Wildman–Crippen MR) is 91.6 cm³/mol. The van der Waals surface area contributed by atoms with Crippen LogP contribution in [-0.2, 0) is 14.8 Å². The van der Waals surface area contributed by atoms with Gasteiger partial charge in [-0.05, 0) is 42.8 Å². The van der Waals surface area contributed by atoms with Gasteiger partial charge in [0.25, 0.3) is 15.9 Å². The Kier molecular flexibility index (Phi) is 6.06. The number of nitrogens with one attached hydrogen (secondary N) is 2. The van der Waals surface area contributed by atoms with Gasteiger partial charge in [0.1, 0.15) is 10.6 Å². The number of hydrogen-bond donors (Lipinski definition) is 2. The number of hydrazine groups is 1.